The van der Waals surface area contributed by atoms with Gasteiger partial charge in [0.1, 0.15) is 11.6 Å². The predicted molar refractivity (Wildman–Crippen MR) is 81.1 cm³/mol. The minimum Gasteiger partial charge on any atom is -0.492 e. The standard InChI is InChI=1S/C16H17FN2O2/c1-3-21-15-8-10(2)4-7-14(15)19-16(20)11-5-6-12(17)13(18)9-11/h4-9H,3,18H2,1-2H3,(H,19,20). The van der Waals surface area contributed by atoms with E-state index in [0.717, 1.165) is 5.56 Å². The highest BCUT2D eigenvalue weighted by Crippen LogP contribution is 2.26. The molecule has 0 spiro atoms. The van der Waals surface area contributed by atoms with E-state index in [1.54, 1.807) is 6.07 Å². The first-order valence-corrected chi connectivity index (χ1v) is 6.61. The number of hydrogen-bond acceptors (Lipinski definition) is 3. The highest BCUT2D eigenvalue weighted by molar-refractivity contribution is 6.05. The Labute approximate surface area is 122 Å². The van der Waals surface area contributed by atoms with Gasteiger partial charge in [-0.2, -0.15) is 0 Å². The van der Waals surface area contributed by atoms with E-state index in [2.05, 4.69) is 5.32 Å². The van der Waals surface area contributed by atoms with Crippen molar-refractivity contribution in [2.45, 2.75) is 13.8 Å². The fourth-order valence-electron chi connectivity index (χ4n) is 1.89. The van der Waals surface area contributed by atoms with Crippen LogP contribution in [0.15, 0.2) is 36.4 Å². The first-order chi connectivity index (χ1) is 10.0. The third-order valence-electron chi connectivity index (χ3n) is 2.94. The molecule has 2 rings (SSSR count). The molecule has 0 bridgehead atoms. The summed E-state index contributed by atoms with van der Waals surface area (Å²) in [5, 5.41) is 2.74. The Bertz CT molecular complexity index is 671. The van der Waals surface area contributed by atoms with Crippen LogP contribution in [-0.4, -0.2) is 12.5 Å². The molecule has 0 saturated heterocycles. The normalized spacial score (nSPS) is 10.2. The van der Waals surface area contributed by atoms with E-state index in [1.165, 1.54) is 18.2 Å². The molecule has 0 aliphatic carbocycles. The van der Waals surface area contributed by atoms with Gasteiger partial charge >= 0.3 is 0 Å². The number of nitrogen functional groups attached to an aromatic ring is 1. The first kappa shape index (κ1) is 14.8. The number of benzene rings is 2. The van der Waals surface area contributed by atoms with E-state index in [4.69, 9.17) is 10.5 Å². The second kappa shape index (κ2) is 6.26. The second-order valence-electron chi connectivity index (χ2n) is 4.62. The minimum absolute atomic E-state index is 0.0587. The highest BCUT2D eigenvalue weighted by Gasteiger charge is 2.11. The molecular weight excluding hydrogens is 271 g/mol. The van der Waals surface area contributed by atoms with Gasteiger partial charge in [0.2, 0.25) is 0 Å². The Morgan fingerprint density at radius 1 is 1.29 bits per heavy atom. The number of rotatable bonds is 4. The molecule has 0 aliphatic rings. The summed E-state index contributed by atoms with van der Waals surface area (Å²) in [5.74, 6) is -0.315. The Balaban J connectivity index is 2.24. The van der Waals surface area contributed by atoms with E-state index in [0.29, 0.717) is 18.0 Å². The van der Waals surface area contributed by atoms with Crippen LogP contribution in [-0.2, 0) is 0 Å². The lowest BCUT2D eigenvalue weighted by Gasteiger charge is -2.12. The molecule has 0 fully saturated rings. The monoisotopic (exact) mass is 288 g/mol. The number of ether oxygens (including phenoxy) is 1. The van der Waals surface area contributed by atoms with Gasteiger partial charge in [-0.15, -0.1) is 0 Å². The molecule has 21 heavy (non-hydrogen) atoms. The van der Waals surface area contributed by atoms with Crippen molar-refractivity contribution >= 4 is 17.3 Å². The number of amides is 1. The van der Waals surface area contributed by atoms with Crippen LogP contribution in [0.25, 0.3) is 0 Å². The molecule has 0 heterocycles. The van der Waals surface area contributed by atoms with Crippen LogP contribution in [0.3, 0.4) is 0 Å². The van der Waals surface area contributed by atoms with E-state index in [9.17, 15) is 9.18 Å². The Morgan fingerprint density at radius 3 is 2.71 bits per heavy atom. The fraction of sp³-hybridized carbons (Fsp3) is 0.188. The van der Waals surface area contributed by atoms with Crippen molar-refractivity contribution in [1.82, 2.24) is 0 Å². The number of carbonyl (C=O) groups excluding carboxylic acids is 1. The lowest BCUT2D eigenvalue weighted by molar-refractivity contribution is 0.102. The minimum atomic E-state index is -0.545. The molecule has 0 aromatic heterocycles. The van der Waals surface area contributed by atoms with Gasteiger partial charge < -0.3 is 15.8 Å². The van der Waals surface area contributed by atoms with Crippen LogP contribution in [0.5, 0.6) is 5.75 Å². The summed E-state index contributed by atoms with van der Waals surface area (Å²) in [5.41, 5.74) is 7.29. The number of carbonyl (C=O) groups is 1. The summed E-state index contributed by atoms with van der Waals surface area (Å²) in [4.78, 5) is 12.2. The van der Waals surface area contributed by atoms with Crippen molar-refractivity contribution in [3.8, 4) is 5.75 Å². The van der Waals surface area contributed by atoms with Gasteiger partial charge in [-0.25, -0.2) is 4.39 Å². The maximum atomic E-state index is 13.1. The maximum Gasteiger partial charge on any atom is 0.255 e. The third kappa shape index (κ3) is 3.51. The first-order valence-electron chi connectivity index (χ1n) is 6.61. The van der Waals surface area contributed by atoms with Crippen molar-refractivity contribution in [1.29, 1.82) is 0 Å². The van der Waals surface area contributed by atoms with Crippen molar-refractivity contribution in [2.75, 3.05) is 17.7 Å². The van der Waals surface area contributed by atoms with Crippen LogP contribution in [0.4, 0.5) is 15.8 Å². The summed E-state index contributed by atoms with van der Waals surface area (Å²) < 4.78 is 18.6. The van der Waals surface area contributed by atoms with Crippen LogP contribution in [0.1, 0.15) is 22.8 Å². The second-order valence-corrected chi connectivity index (χ2v) is 4.62. The molecule has 1 amide bonds. The Morgan fingerprint density at radius 2 is 2.05 bits per heavy atom. The largest absolute Gasteiger partial charge is 0.492 e. The van der Waals surface area contributed by atoms with Gasteiger partial charge in [0, 0.05) is 5.56 Å². The molecule has 2 aromatic rings. The average Bonchev–Trinajstić information content (AvgIpc) is 2.45. The quantitative estimate of drug-likeness (QED) is 0.848. The van der Waals surface area contributed by atoms with Gasteiger partial charge in [0.05, 0.1) is 18.0 Å². The van der Waals surface area contributed by atoms with Crippen molar-refractivity contribution in [3.05, 3.63) is 53.3 Å². The maximum absolute atomic E-state index is 13.1. The zero-order chi connectivity index (χ0) is 15.4. The molecular formula is C16H17FN2O2. The number of halogens is 1. The fourth-order valence-corrected chi connectivity index (χ4v) is 1.89. The van der Waals surface area contributed by atoms with E-state index in [-0.39, 0.29) is 17.2 Å². The predicted octanol–water partition coefficient (Wildman–Crippen LogP) is 3.37. The number of hydrogen-bond donors (Lipinski definition) is 2. The van der Waals surface area contributed by atoms with Crippen LogP contribution in [0, 0.1) is 12.7 Å². The number of anilines is 2. The van der Waals surface area contributed by atoms with Crippen molar-refractivity contribution in [3.63, 3.8) is 0 Å². The smallest absolute Gasteiger partial charge is 0.255 e. The molecule has 4 nitrogen and oxygen atoms in total. The van der Waals surface area contributed by atoms with E-state index < -0.39 is 5.82 Å². The zero-order valence-corrected chi connectivity index (χ0v) is 11.9. The van der Waals surface area contributed by atoms with Gasteiger partial charge in [-0.3, -0.25) is 4.79 Å². The van der Waals surface area contributed by atoms with Crippen molar-refractivity contribution < 1.29 is 13.9 Å². The van der Waals surface area contributed by atoms with Gasteiger partial charge in [0.15, 0.2) is 0 Å². The van der Waals surface area contributed by atoms with Gasteiger partial charge in [-0.1, -0.05) is 6.07 Å². The highest BCUT2D eigenvalue weighted by atomic mass is 19.1. The van der Waals surface area contributed by atoms with Crippen molar-refractivity contribution in [2.24, 2.45) is 0 Å². The van der Waals surface area contributed by atoms with Gasteiger partial charge in [-0.05, 0) is 49.7 Å². The molecule has 2 aromatic carbocycles. The summed E-state index contributed by atoms with van der Waals surface area (Å²) in [6, 6.07) is 9.35. The SMILES string of the molecule is CCOc1cc(C)ccc1NC(=O)c1ccc(F)c(N)c1. The van der Waals surface area contributed by atoms with Crippen LogP contribution < -0.4 is 15.8 Å². The van der Waals surface area contributed by atoms with E-state index in [1.807, 2.05) is 26.0 Å². The lowest BCUT2D eigenvalue weighted by Crippen LogP contribution is -2.13. The Hall–Kier alpha value is -2.56. The summed E-state index contributed by atoms with van der Waals surface area (Å²) >= 11 is 0. The average molecular weight is 288 g/mol. The molecule has 110 valence electrons. The van der Waals surface area contributed by atoms with Gasteiger partial charge in [0.25, 0.3) is 5.91 Å². The summed E-state index contributed by atoms with van der Waals surface area (Å²) in [7, 11) is 0. The third-order valence-corrected chi connectivity index (χ3v) is 2.94. The topological polar surface area (TPSA) is 64.3 Å². The molecule has 0 saturated carbocycles. The molecule has 0 radical (unpaired) electrons. The zero-order valence-electron chi connectivity index (χ0n) is 11.9. The molecule has 3 N–H and O–H groups in total. The van der Waals surface area contributed by atoms with E-state index >= 15 is 0 Å². The molecule has 0 aliphatic heterocycles. The Kier molecular flexibility index (Phi) is 4.42. The molecule has 5 heteroatoms. The van der Waals surface area contributed by atoms with Crippen LogP contribution in [0.2, 0.25) is 0 Å². The summed E-state index contributed by atoms with van der Waals surface area (Å²) in [6.07, 6.45) is 0. The molecule has 0 atom stereocenters. The lowest BCUT2D eigenvalue weighted by atomic mass is 10.1. The summed E-state index contributed by atoms with van der Waals surface area (Å²) in [6.45, 7) is 4.30. The number of aryl methyl sites for hydroxylation is 1. The molecule has 0 unspecified atom stereocenters. The number of nitrogens with two attached hydrogens (primary N) is 1. The van der Waals surface area contributed by atoms with Crippen LogP contribution >= 0.6 is 0 Å². The number of nitrogens with one attached hydrogen (secondary N) is 1.